The quantitative estimate of drug-likeness (QED) is 0.0214. The van der Waals surface area contributed by atoms with E-state index < -0.39 is 13.9 Å². The van der Waals surface area contributed by atoms with Crippen LogP contribution in [0.15, 0.2) is 36.5 Å². The fourth-order valence-electron chi connectivity index (χ4n) is 7.56. The first-order valence-electron chi connectivity index (χ1n) is 26.7. The lowest BCUT2D eigenvalue weighted by Crippen LogP contribution is -2.37. The van der Waals surface area contributed by atoms with Crippen LogP contribution in [0.3, 0.4) is 0 Å². The number of rotatable bonds is 50. The molecule has 0 aliphatic carbocycles. The van der Waals surface area contributed by atoms with Crippen molar-refractivity contribution in [3.63, 3.8) is 0 Å². The first-order valence-corrected chi connectivity index (χ1v) is 28.2. The number of carbonyl (C=O) groups excluding carboxylic acids is 1. The lowest BCUT2D eigenvalue weighted by Gasteiger charge is -2.24. The Balaban J connectivity index is 4.13. The van der Waals surface area contributed by atoms with E-state index >= 15 is 0 Å². The number of hydrogen-bond acceptors (Lipinski definition) is 6. The van der Waals surface area contributed by atoms with Crippen molar-refractivity contribution in [1.29, 1.82) is 0 Å². The molecule has 0 aliphatic heterocycles. The van der Waals surface area contributed by atoms with Crippen LogP contribution in [0.2, 0.25) is 0 Å². The number of allylic oxidation sites excluding steroid dienone is 6. The molecule has 0 spiro atoms. The number of unbranched alkanes of at least 4 members (excludes halogenated alkanes) is 30. The van der Waals surface area contributed by atoms with Gasteiger partial charge in [0.1, 0.15) is 19.3 Å². The zero-order chi connectivity index (χ0) is 46.2. The van der Waals surface area contributed by atoms with E-state index in [0.29, 0.717) is 24.1 Å². The minimum Gasteiger partial charge on any atom is -0.457 e. The summed E-state index contributed by atoms with van der Waals surface area (Å²) in [6.07, 6.45) is 57.6. The van der Waals surface area contributed by atoms with E-state index in [1.165, 1.54) is 173 Å². The molecule has 0 aliphatic rings. The van der Waals surface area contributed by atoms with Crippen molar-refractivity contribution >= 4 is 13.8 Å². The van der Waals surface area contributed by atoms with Crippen molar-refractivity contribution in [1.82, 2.24) is 0 Å². The molecule has 0 bridgehead atoms. The summed E-state index contributed by atoms with van der Waals surface area (Å²) in [5.41, 5.74) is 0. The Morgan fingerprint density at radius 2 is 0.873 bits per heavy atom. The van der Waals surface area contributed by atoms with Gasteiger partial charge < -0.3 is 18.9 Å². The maximum atomic E-state index is 12.8. The number of likely N-dealkylation sites (N-methyl/N-ethyl adjacent to an activating group) is 1. The summed E-state index contributed by atoms with van der Waals surface area (Å²) in [6, 6.07) is 0. The third-order valence-corrected chi connectivity index (χ3v) is 12.7. The van der Waals surface area contributed by atoms with Gasteiger partial charge in [0.2, 0.25) is 0 Å². The molecule has 2 unspecified atom stereocenters. The largest absolute Gasteiger partial charge is 0.472 e. The van der Waals surface area contributed by atoms with Crippen molar-refractivity contribution in [3.05, 3.63) is 36.5 Å². The molecule has 63 heavy (non-hydrogen) atoms. The van der Waals surface area contributed by atoms with Gasteiger partial charge in [-0.3, -0.25) is 13.8 Å². The smallest absolute Gasteiger partial charge is 0.457 e. The van der Waals surface area contributed by atoms with Crippen molar-refractivity contribution in [2.24, 2.45) is 0 Å². The predicted octanol–water partition coefficient (Wildman–Crippen LogP) is 16.5. The minimum absolute atomic E-state index is 0.0876. The van der Waals surface area contributed by atoms with Crippen LogP contribution in [0, 0.1) is 0 Å². The Morgan fingerprint density at radius 3 is 1.30 bits per heavy atom. The number of carbonyl (C=O) groups is 1. The summed E-state index contributed by atoms with van der Waals surface area (Å²) in [6.45, 7) is 5.63. The van der Waals surface area contributed by atoms with Crippen LogP contribution in [0.4, 0.5) is 0 Å². The van der Waals surface area contributed by atoms with Gasteiger partial charge in [0.05, 0.1) is 34.4 Å². The molecule has 9 heteroatoms. The summed E-state index contributed by atoms with van der Waals surface area (Å²) in [7, 11) is 1.67. The molecule has 0 aromatic heterocycles. The van der Waals surface area contributed by atoms with Gasteiger partial charge in [0.25, 0.3) is 0 Å². The molecule has 0 radical (unpaired) electrons. The van der Waals surface area contributed by atoms with Gasteiger partial charge in [-0.05, 0) is 51.4 Å². The topological polar surface area (TPSA) is 91.3 Å². The highest BCUT2D eigenvalue weighted by atomic mass is 31.2. The zero-order valence-corrected chi connectivity index (χ0v) is 43.2. The van der Waals surface area contributed by atoms with Gasteiger partial charge in [-0.25, -0.2) is 4.57 Å². The second kappa shape index (κ2) is 47.2. The third-order valence-electron chi connectivity index (χ3n) is 11.7. The molecule has 0 saturated heterocycles. The van der Waals surface area contributed by atoms with E-state index in [4.69, 9.17) is 18.5 Å². The Labute approximate surface area is 391 Å². The van der Waals surface area contributed by atoms with Gasteiger partial charge in [-0.2, -0.15) is 0 Å². The fraction of sp³-hybridized carbons (Fsp3) is 0.870. The average molecular weight is 911 g/mol. The van der Waals surface area contributed by atoms with Crippen LogP contribution in [0.1, 0.15) is 245 Å². The van der Waals surface area contributed by atoms with E-state index in [2.05, 4.69) is 50.3 Å². The molecule has 0 aromatic carbocycles. The molecule has 8 nitrogen and oxygen atoms in total. The summed E-state index contributed by atoms with van der Waals surface area (Å²) in [5, 5.41) is 0. The van der Waals surface area contributed by atoms with E-state index in [-0.39, 0.29) is 25.8 Å². The van der Waals surface area contributed by atoms with Gasteiger partial charge in [0, 0.05) is 13.0 Å². The SMILES string of the molecule is CCCCCCC/C=C\C/C=C\C/C=C\CCCCCCCCCOCC(COP(=O)(O)OCC[N+](C)(C)C)OC(=O)CCCCCCCCCCCCCCCCCCCCC. The molecular formula is C54H105NO7P+. The number of quaternary nitrogens is 1. The highest BCUT2D eigenvalue weighted by Crippen LogP contribution is 2.43. The van der Waals surface area contributed by atoms with E-state index in [1.54, 1.807) is 0 Å². The van der Waals surface area contributed by atoms with Crippen LogP contribution < -0.4 is 0 Å². The zero-order valence-electron chi connectivity index (χ0n) is 42.3. The molecular weight excluding hydrogens is 806 g/mol. The van der Waals surface area contributed by atoms with E-state index in [9.17, 15) is 14.3 Å². The van der Waals surface area contributed by atoms with Gasteiger partial charge in [-0.15, -0.1) is 0 Å². The fourth-order valence-corrected chi connectivity index (χ4v) is 8.30. The Kier molecular flexibility index (Phi) is 46.3. The van der Waals surface area contributed by atoms with Gasteiger partial charge in [-0.1, -0.05) is 224 Å². The second-order valence-corrected chi connectivity index (χ2v) is 20.7. The minimum atomic E-state index is -4.28. The highest BCUT2D eigenvalue weighted by molar-refractivity contribution is 7.47. The van der Waals surface area contributed by atoms with Gasteiger partial charge >= 0.3 is 13.8 Å². The molecule has 0 amide bonds. The molecule has 0 saturated carbocycles. The number of ether oxygens (including phenoxy) is 2. The summed E-state index contributed by atoms with van der Waals surface area (Å²) < 4.78 is 35.2. The van der Waals surface area contributed by atoms with Crippen LogP contribution >= 0.6 is 7.82 Å². The van der Waals surface area contributed by atoms with Crippen LogP contribution in [-0.2, 0) is 27.9 Å². The lowest BCUT2D eigenvalue weighted by molar-refractivity contribution is -0.870. The Bertz CT molecular complexity index is 1100. The average Bonchev–Trinajstić information content (AvgIpc) is 3.24. The Morgan fingerprint density at radius 1 is 0.492 bits per heavy atom. The molecule has 2 atom stereocenters. The monoisotopic (exact) mass is 911 g/mol. The van der Waals surface area contributed by atoms with Crippen LogP contribution in [0.25, 0.3) is 0 Å². The maximum absolute atomic E-state index is 12.8. The third kappa shape index (κ3) is 51.6. The highest BCUT2D eigenvalue weighted by Gasteiger charge is 2.26. The molecule has 0 aromatic rings. The van der Waals surface area contributed by atoms with E-state index in [1.807, 2.05) is 21.1 Å². The lowest BCUT2D eigenvalue weighted by atomic mass is 10.0. The van der Waals surface area contributed by atoms with Crippen LogP contribution in [0.5, 0.6) is 0 Å². The summed E-state index contributed by atoms with van der Waals surface area (Å²) in [4.78, 5) is 23.0. The van der Waals surface area contributed by atoms with Crippen molar-refractivity contribution in [2.75, 3.05) is 54.1 Å². The normalized spacial score (nSPS) is 13.8. The standard InChI is InChI=1S/C54H104NO7P/c1-6-8-10-12-14-16-18-20-22-24-26-27-28-30-32-34-36-38-40-42-44-46-49-59-51-53(52-61-63(57,58)60-50-48-55(3,4)5)62-54(56)47-45-43-41-39-37-35-33-31-29-25-23-21-19-17-15-13-11-9-7-2/h18,20,24,26,28,30,53H,6-17,19,21-23,25,27,29,31-52H2,1-5H3/p+1/b20-18-,26-24-,30-28-. The molecule has 0 heterocycles. The molecule has 0 rings (SSSR count). The number of esters is 1. The summed E-state index contributed by atoms with van der Waals surface area (Å²) in [5.74, 6) is -0.313. The molecule has 1 N–H and O–H groups in total. The first-order chi connectivity index (χ1) is 30.6. The van der Waals surface area contributed by atoms with Crippen molar-refractivity contribution in [2.45, 2.75) is 251 Å². The molecule has 0 fully saturated rings. The van der Waals surface area contributed by atoms with Gasteiger partial charge in [0.15, 0.2) is 0 Å². The number of phosphoric ester groups is 1. The van der Waals surface area contributed by atoms with Crippen LogP contribution in [-0.4, -0.2) is 75.6 Å². The molecule has 372 valence electrons. The second-order valence-electron chi connectivity index (χ2n) is 19.3. The van der Waals surface area contributed by atoms with Crippen molar-refractivity contribution in [3.8, 4) is 0 Å². The Hall–Kier alpha value is -1.28. The maximum Gasteiger partial charge on any atom is 0.472 e. The first kappa shape index (κ1) is 61.7. The summed E-state index contributed by atoms with van der Waals surface area (Å²) >= 11 is 0. The number of phosphoric acid groups is 1. The van der Waals surface area contributed by atoms with E-state index in [0.717, 1.165) is 51.4 Å². The predicted molar refractivity (Wildman–Crippen MR) is 270 cm³/mol. The number of nitrogens with zero attached hydrogens (tertiary/aromatic N) is 1. The van der Waals surface area contributed by atoms with Crippen molar-refractivity contribution < 1.29 is 37.3 Å². The number of hydrogen-bond donors (Lipinski definition) is 1.